The molecule has 0 unspecified atom stereocenters. The van der Waals surface area contributed by atoms with E-state index in [2.05, 4.69) is 0 Å². The molecule has 15 heteroatoms. The number of rotatable bonds is 0. The zero-order valence-corrected chi connectivity index (χ0v) is 42.5. The van der Waals surface area contributed by atoms with Crippen LogP contribution in [0.15, 0.2) is 0 Å². The summed E-state index contributed by atoms with van der Waals surface area (Å²) in [5.74, 6) is 0. The molecule has 0 spiro atoms. The van der Waals surface area contributed by atoms with Crippen molar-refractivity contribution in [2.24, 2.45) is 0 Å². The quantitative estimate of drug-likeness (QED) is 0.387. The predicted octanol–water partition coefficient (Wildman–Crippen LogP) is -41.2. The Balaban J connectivity index is 0. The van der Waals surface area contributed by atoms with E-state index < -0.39 is 0 Å². The van der Waals surface area contributed by atoms with Gasteiger partial charge in [0, 0.05) is 0 Å². The van der Waals surface area contributed by atoms with Gasteiger partial charge in [0.15, 0.2) is 0 Å². The largest absolute Gasteiger partial charge is 1.00 e. The summed E-state index contributed by atoms with van der Waals surface area (Å²) >= 11 is 0. The summed E-state index contributed by atoms with van der Waals surface area (Å²) in [6, 6.07) is 0. The van der Waals surface area contributed by atoms with Crippen LogP contribution in [0.5, 0.6) is 0 Å². The van der Waals surface area contributed by atoms with Crippen LogP contribution >= 0.6 is 0 Å². The van der Waals surface area contributed by atoms with Crippen molar-refractivity contribution in [2.75, 3.05) is 0 Å². The molecule has 2 N–H and O–H groups in total. The fraction of sp³-hybridized carbons (Fsp3) is 0. The topological polar surface area (TPSA) is 31.5 Å². The van der Waals surface area contributed by atoms with Gasteiger partial charge >= 0.3 is 414 Å². The third kappa shape index (κ3) is 96.7. The van der Waals surface area contributed by atoms with Crippen molar-refractivity contribution in [3.05, 3.63) is 0 Å². The van der Waals surface area contributed by atoms with Crippen LogP contribution in [-0.4, -0.2) is 5.48 Å². The summed E-state index contributed by atoms with van der Waals surface area (Å²) in [4.78, 5) is 0. The molecule has 0 rings (SSSR count). The van der Waals surface area contributed by atoms with Crippen LogP contribution in [0.2, 0.25) is 0 Å². The predicted molar refractivity (Wildman–Crippen MR) is 19.2 cm³/mol. The molecular weight excluding hydrogens is 338 g/mol. The molecule has 15 heavy (non-hydrogen) atoms. The summed E-state index contributed by atoms with van der Waals surface area (Å²) in [6.07, 6.45) is 0. The van der Waals surface area contributed by atoms with Crippen molar-refractivity contribution in [1.82, 2.24) is 0 Å². The first-order chi connectivity index (χ1) is 0. The number of hydrogen-bond acceptors (Lipinski definition) is 0. The van der Waals surface area contributed by atoms with Crippen LogP contribution in [0, 0.1) is 0 Å². The van der Waals surface area contributed by atoms with Gasteiger partial charge in [-0.2, -0.15) is 0 Å². The van der Waals surface area contributed by atoms with Crippen LogP contribution in [0.25, 0.3) is 0 Å². The Bertz CT molecular complexity index is 34.3. The Labute approximate surface area is 425 Å². The molecule has 0 radical (unpaired) electrons. The van der Waals surface area contributed by atoms with Gasteiger partial charge in [0.1, 0.15) is 0 Å². The molecule has 0 heterocycles. The number of hydrogen-bond donors (Lipinski definition) is 0. The standard InChI is InChI=1S/14Na.H2O.14H/h;;;;;;;;;;;;;;1H2;;;;;;;;;;;;;;/q14*+1;;14*-1. The van der Waals surface area contributed by atoms with E-state index in [1.54, 1.807) is 0 Å². The van der Waals surface area contributed by atoms with Crippen LogP contribution in [0.1, 0.15) is 20.0 Å². The molecule has 1 nitrogen and oxygen atoms in total. The fourth-order valence-electron chi connectivity index (χ4n) is 0. The SMILES string of the molecule is O.[H-].[H-].[H-].[H-].[H-].[H-].[H-].[H-].[H-].[H-].[H-].[H-].[H-].[H-].[Na+].[Na+].[Na+].[Na+].[Na+].[Na+].[Na+].[Na+].[Na+].[Na+].[Na+].[Na+].[Na+].[Na+]. The summed E-state index contributed by atoms with van der Waals surface area (Å²) in [5.41, 5.74) is 0. The molecule has 0 aliphatic carbocycles. The Kier molecular flexibility index (Phi) is 808. The average Bonchev–Trinajstić information content (AvgIpc) is 0. The minimum atomic E-state index is 0. The third-order valence-electron chi connectivity index (χ3n) is 0. The minimum absolute atomic E-state index is 0. The maximum absolute atomic E-state index is 0. The molecular formula is H16Na14O. The van der Waals surface area contributed by atoms with E-state index in [1.807, 2.05) is 0 Å². The molecule has 0 aromatic heterocycles. The second kappa shape index (κ2) is 104. The molecule has 0 atom stereocenters. The van der Waals surface area contributed by atoms with Gasteiger partial charge in [-0.1, -0.05) is 0 Å². The molecule has 0 aliphatic heterocycles. The molecule has 0 amide bonds. The van der Waals surface area contributed by atoms with Gasteiger partial charge in [0.2, 0.25) is 0 Å². The van der Waals surface area contributed by atoms with Gasteiger partial charge in [-0.25, -0.2) is 0 Å². The third-order valence-corrected chi connectivity index (χ3v) is 0. The molecule has 0 saturated carbocycles. The monoisotopic (exact) mass is 354 g/mol. The van der Waals surface area contributed by atoms with Crippen molar-refractivity contribution in [3.8, 4) is 0 Å². The van der Waals surface area contributed by atoms with Crippen molar-refractivity contribution in [1.29, 1.82) is 0 Å². The zero-order valence-electron chi connectivity index (χ0n) is 28.5. The summed E-state index contributed by atoms with van der Waals surface area (Å²) in [6.45, 7) is 0. The maximum Gasteiger partial charge on any atom is 1.00 e. The molecule has 0 aromatic carbocycles. The molecule has 36 valence electrons. The molecule has 0 fully saturated rings. The Morgan fingerprint density at radius 2 is 0.200 bits per heavy atom. The van der Waals surface area contributed by atoms with Gasteiger partial charge in [-0.05, 0) is 0 Å². The van der Waals surface area contributed by atoms with Crippen LogP contribution in [0.4, 0.5) is 0 Å². The van der Waals surface area contributed by atoms with Crippen molar-refractivity contribution >= 4 is 0 Å². The Hall–Kier alpha value is 14.0. The van der Waals surface area contributed by atoms with Gasteiger partial charge in [-0.15, -0.1) is 0 Å². The molecule has 0 bridgehead atoms. The smallest absolute Gasteiger partial charge is 1.00 e. The summed E-state index contributed by atoms with van der Waals surface area (Å²) in [7, 11) is 0. The second-order valence-electron chi connectivity index (χ2n) is 0. The van der Waals surface area contributed by atoms with Crippen LogP contribution < -0.4 is 414 Å². The normalized spacial score (nSPS) is 0. The van der Waals surface area contributed by atoms with E-state index in [0.717, 1.165) is 0 Å². The van der Waals surface area contributed by atoms with Crippen LogP contribution in [-0.2, 0) is 0 Å². The Morgan fingerprint density at radius 3 is 0.200 bits per heavy atom. The second-order valence-corrected chi connectivity index (χ2v) is 0. The van der Waals surface area contributed by atoms with E-state index >= 15 is 0 Å². The zero-order chi connectivity index (χ0) is 0. The minimum Gasteiger partial charge on any atom is -1.00 e. The van der Waals surface area contributed by atoms with E-state index in [4.69, 9.17) is 0 Å². The summed E-state index contributed by atoms with van der Waals surface area (Å²) in [5, 5.41) is 0. The van der Waals surface area contributed by atoms with Crippen molar-refractivity contribution < 1.29 is 439 Å². The Morgan fingerprint density at radius 1 is 0.200 bits per heavy atom. The fourth-order valence-corrected chi connectivity index (χ4v) is 0. The van der Waals surface area contributed by atoms with Gasteiger partial charge in [0.05, 0.1) is 0 Å². The van der Waals surface area contributed by atoms with Gasteiger partial charge < -0.3 is 25.4 Å². The van der Waals surface area contributed by atoms with E-state index in [1.165, 1.54) is 0 Å². The first-order valence-electron chi connectivity index (χ1n) is 0. The van der Waals surface area contributed by atoms with E-state index in [9.17, 15) is 0 Å². The summed E-state index contributed by atoms with van der Waals surface area (Å²) < 4.78 is 0. The molecule has 0 aromatic rings. The van der Waals surface area contributed by atoms with E-state index in [0.29, 0.717) is 0 Å². The van der Waals surface area contributed by atoms with E-state index in [-0.39, 0.29) is 439 Å². The van der Waals surface area contributed by atoms with Gasteiger partial charge in [0.25, 0.3) is 0 Å². The van der Waals surface area contributed by atoms with Gasteiger partial charge in [-0.3, -0.25) is 0 Å². The first-order valence-corrected chi connectivity index (χ1v) is 0. The molecule has 0 saturated heterocycles. The van der Waals surface area contributed by atoms with Crippen LogP contribution in [0.3, 0.4) is 0 Å². The maximum atomic E-state index is 0. The molecule has 0 aliphatic rings. The average molecular weight is 354 g/mol. The first kappa shape index (κ1) is 116. The van der Waals surface area contributed by atoms with Crippen molar-refractivity contribution in [2.45, 2.75) is 0 Å². The van der Waals surface area contributed by atoms with Crippen molar-refractivity contribution in [3.63, 3.8) is 0 Å².